The fourth-order valence-electron chi connectivity index (χ4n) is 7.64. The van der Waals surface area contributed by atoms with E-state index < -0.39 is 0 Å². The fraction of sp³-hybridized carbons (Fsp3) is 0. The van der Waals surface area contributed by atoms with Gasteiger partial charge in [-0.05, 0) is 81.4 Å². The van der Waals surface area contributed by atoms with Gasteiger partial charge in [0.1, 0.15) is 0 Å². The van der Waals surface area contributed by atoms with Crippen LogP contribution in [0, 0.1) is 0 Å². The van der Waals surface area contributed by atoms with Crippen LogP contribution in [-0.2, 0) is 0 Å². The molecule has 1 nitrogen and oxygen atoms in total. The molecule has 0 N–H and O–H groups in total. The standard InChI is InChI=1S/C48H31NS/c1-3-13-32(14-4-1)34-25-27-45-42(30-34)43-31-35(33-15-5-2-6-16-33)26-28-46(43)49(45)44-23-9-7-19-38(44)36-17-11-18-37(29-36)39-21-12-22-41-40-20-8-10-24-47(40)50-48(39)41/h1-31H. The molecule has 10 rings (SSSR count). The van der Waals surface area contributed by atoms with Crippen LogP contribution in [0.3, 0.4) is 0 Å². The molecule has 50 heavy (non-hydrogen) atoms. The molecule has 0 aliphatic heterocycles. The summed E-state index contributed by atoms with van der Waals surface area (Å²) in [6.07, 6.45) is 0. The average molecular weight is 654 g/mol. The van der Waals surface area contributed by atoms with Gasteiger partial charge in [-0.25, -0.2) is 0 Å². The van der Waals surface area contributed by atoms with Crippen LogP contribution in [0.5, 0.6) is 0 Å². The second-order valence-corrected chi connectivity index (χ2v) is 14.0. The van der Waals surface area contributed by atoms with Gasteiger partial charge >= 0.3 is 0 Å². The van der Waals surface area contributed by atoms with Crippen molar-refractivity contribution in [2.24, 2.45) is 0 Å². The fourth-order valence-corrected chi connectivity index (χ4v) is 8.88. The second kappa shape index (κ2) is 11.7. The summed E-state index contributed by atoms with van der Waals surface area (Å²) in [5.41, 5.74) is 13.4. The number of hydrogen-bond donors (Lipinski definition) is 0. The molecule has 0 radical (unpaired) electrons. The van der Waals surface area contributed by atoms with Crippen LogP contribution in [0.2, 0.25) is 0 Å². The smallest absolute Gasteiger partial charge is 0.0541 e. The Morgan fingerprint density at radius 1 is 0.320 bits per heavy atom. The first-order chi connectivity index (χ1) is 24.8. The lowest BCUT2D eigenvalue weighted by molar-refractivity contribution is 1.18. The normalized spacial score (nSPS) is 11.6. The van der Waals surface area contributed by atoms with Crippen molar-refractivity contribution in [1.82, 2.24) is 4.57 Å². The van der Waals surface area contributed by atoms with E-state index in [9.17, 15) is 0 Å². The molecule has 2 heteroatoms. The van der Waals surface area contributed by atoms with Crippen LogP contribution in [0.15, 0.2) is 188 Å². The number of nitrogens with zero attached hydrogens (tertiary/aromatic N) is 1. The molecule has 0 unspecified atom stereocenters. The maximum Gasteiger partial charge on any atom is 0.0541 e. The van der Waals surface area contributed by atoms with Gasteiger partial charge in [0.2, 0.25) is 0 Å². The summed E-state index contributed by atoms with van der Waals surface area (Å²) in [4.78, 5) is 0. The van der Waals surface area contributed by atoms with Crippen molar-refractivity contribution < 1.29 is 0 Å². The highest BCUT2D eigenvalue weighted by atomic mass is 32.1. The molecule has 8 aromatic carbocycles. The Kier molecular flexibility index (Phi) is 6.75. The number of thiophene rings is 1. The lowest BCUT2D eigenvalue weighted by Gasteiger charge is -2.15. The van der Waals surface area contributed by atoms with Gasteiger partial charge in [-0.1, -0.05) is 146 Å². The van der Waals surface area contributed by atoms with Gasteiger partial charge in [0.25, 0.3) is 0 Å². The van der Waals surface area contributed by atoms with E-state index >= 15 is 0 Å². The minimum atomic E-state index is 1.17. The number of hydrogen-bond acceptors (Lipinski definition) is 1. The third kappa shape index (κ3) is 4.69. The van der Waals surface area contributed by atoms with Gasteiger partial charge in [-0.3, -0.25) is 0 Å². The first-order valence-corrected chi connectivity index (χ1v) is 17.9. The zero-order valence-corrected chi connectivity index (χ0v) is 28.1. The van der Waals surface area contributed by atoms with Crippen LogP contribution in [0.25, 0.3) is 92.2 Å². The van der Waals surface area contributed by atoms with Crippen molar-refractivity contribution >= 4 is 53.3 Å². The molecule has 2 aromatic heterocycles. The maximum absolute atomic E-state index is 2.46. The topological polar surface area (TPSA) is 4.93 Å². The summed E-state index contributed by atoms with van der Waals surface area (Å²) in [5, 5.41) is 5.15. The van der Waals surface area contributed by atoms with E-state index in [4.69, 9.17) is 0 Å². The first-order valence-electron chi connectivity index (χ1n) is 17.1. The third-order valence-electron chi connectivity index (χ3n) is 10.0. The zero-order valence-electron chi connectivity index (χ0n) is 27.3. The highest BCUT2D eigenvalue weighted by molar-refractivity contribution is 7.26. The van der Waals surface area contributed by atoms with Gasteiger partial charge in [0.05, 0.1) is 16.7 Å². The monoisotopic (exact) mass is 653 g/mol. The number of para-hydroxylation sites is 1. The van der Waals surface area contributed by atoms with Crippen LogP contribution >= 0.6 is 11.3 Å². The van der Waals surface area contributed by atoms with E-state index in [2.05, 4.69) is 193 Å². The Morgan fingerprint density at radius 2 is 0.840 bits per heavy atom. The summed E-state index contributed by atoms with van der Waals surface area (Å²) >= 11 is 1.88. The highest BCUT2D eigenvalue weighted by Crippen LogP contribution is 2.42. The number of rotatable bonds is 5. The molecule has 0 atom stereocenters. The van der Waals surface area contributed by atoms with Crippen LogP contribution in [0.4, 0.5) is 0 Å². The Bertz CT molecular complexity index is 2760. The molecule has 0 bridgehead atoms. The maximum atomic E-state index is 2.46. The van der Waals surface area contributed by atoms with Crippen LogP contribution < -0.4 is 0 Å². The van der Waals surface area contributed by atoms with E-state index in [0.29, 0.717) is 0 Å². The zero-order chi connectivity index (χ0) is 33.0. The van der Waals surface area contributed by atoms with Crippen molar-refractivity contribution in [3.8, 4) is 50.2 Å². The molecular formula is C48H31NS. The van der Waals surface area contributed by atoms with Gasteiger partial charge in [-0.2, -0.15) is 0 Å². The Balaban J connectivity index is 1.18. The largest absolute Gasteiger partial charge is 0.309 e. The SMILES string of the molecule is c1ccc(-c2ccc3c(c2)c2cc(-c4ccccc4)ccc2n3-c2ccccc2-c2cccc(-c3cccc4c3sc3ccccc34)c2)cc1. The molecule has 0 saturated heterocycles. The van der Waals surface area contributed by atoms with Crippen molar-refractivity contribution in [2.75, 3.05) is 0 Å². The Hall–Kier alpha value is -6.22. The Labute approximate surface area is 295 Å². The predicted molar refractivity (Wildman–Crippen MR) is 215 cm³/mol. The summed E-state index contributed by atoms with van der Waals surface area (Å²) in [7, 11) is 0. The Morgan fingerprint density at radius 3 is 1.54 bits per heavy atom. The van der Waals surface area contributed by atoms with Crippen molar-refractivity contribution in [1.29, 1.82) is 0 Å². The summed E-state index contributed by atoms with van der Waals surface area (Å²) in [6.45, 7) is 0. The average Bonchev–Trinajstić information content (AvgIpc) is 3.74. The summed E-state index contributed by atoms with van der Waals surface area (Å²) in [6, 6.07) is 68.6. The minimum Gasteiger partial charge on any atom is -0.309 e. The van der Waals surface area contributed by atoms with Gasteiger partial charge in [0.15, 0.2) is 0 Å². The van der Waals surface area contributed by atoms with E-state index in [0.717, 1.165) is 0 Å². The quantitative estimate of drug-likeness (QED) is 0.174. The molecule has 0 fully saturated rings. The second-order valence-electron chi connectivity index (χ2n) is 12.9. The minimum absolute atomic E-state index is 1.17. The van der Waals surface area contributed by atoms with Gasteiger partial charge in [-0.15, -0.1) is 11.3 Å². The van der Waals surface area contributed by atoms with Crippen LogP contribution in [0.1, 0.15) is 0 Å². The molecule has 0 aliphatic carbocycles. The first kappa shape index (κ1) is 28.8. The number of benzene rings is 8. The molecular weight excluding hydrogens is 623 g/mol. The number of aromatic nitrogens is 1. The molecule has 10 aromatic rings. The summed E-state index contributed by atoms with van der Waals surface area (Å²) in [5.74, 6) is 0. The number of fused-ring (bicyclic) bond motifs is 6. The van der Waals surface area contributed by atoms with Gasteiger partial charge < -0.3 is 4.57 Å². The van der Waals surface area contributed by atoms with E-state index in [-0.39, 0.29) is 0 Å². The van der Waals surface area contributed by atoms with E-state index in [1.54, 1.807) is 0 Å². The lowest BCUT2D eigenvalue weighted by Crippen LogP contribution is -1.97. The molecule has 2 heterocycles. The molecule has 0 spiro atoms. The van der Waals surface area contributed by atoms with E-state index in [1.165, 1.54) is 92.2 Å². The molecule has 0 amide bonds. The predicted octanol–water partition coefficient (Wildman–Crippen LogP) is 13.8. The van der Waals surface area contributed by atoms with Crippen LogP contribution in [-0.4, -0.2) is 4.57 Å². The molecule has 0 aliphatic rings. The molecule has 234 valence electrons. The summed E-state index contributed by atoms with van der Waals surface area (Å²) < 4.78 is 5.13. The van der Waals surface area contributed by atoms with E-state index in [1.807, 2.05) is 11.3 Å². The van der Waals surface area contributed by atoms with Crippen molar-refractivity contribution in [3.63, 3.8) is 0 Å². The van der Waals surface area contributed by atoms with Crippen molar-refractivity contribution in [3.05, 3.63) is 188 Å². The lowest BCUT2D eigenvalue weighted by atomic mass is 9.97. The van der Waals surface area contributed by atoms with Crippen molar-refractivity contribution in [2.45, 2.75) is 0 Å². The highest BCUT2D eigenvalue weighted by Gasteiger charge is 2.18. The van der Waals surface area contributed by atoms with Gasteiger partial charge in [0, 0.05) is 36.5 Å². The third-order valence-corrected chi connectivity index (χ3v) is 11.2. The molecule has 0 saturated carbocycles.